The molecule has 0 aromatic carbocycles. The van der Waals surface area contributed by atoms with Gasteiger partial charge in [0.15, 0.2) is 4.77 Å². The van der Waals surface area contributed by atoms with Gasteiger partial charge in [-0.1, -0.05) is 41.5 Å². The number of hydrogen-bond donors (Lipinski definition) is 1. The average molecular weight is 292 g/mol. The molecule has 2 aliphatic rings. The third-order valence-electron chi connectivity index (χ3n) is 6.03. The van der Waals surface area contributed by atoms with E-state index in [1.807, 2.05) is 0 Å². The first-order chi connectivity index (χ1) is 9.07. The number of rotatable bonds is 1. The van der Waals surface area contributed by atoms with Crippen molar-refractivity contribution >= 4 is 12.2 Å². The monoisotopic (exact) mass is 292 g/mol. The highest BCUT2D eigenvalue weighted by Gasteiger charge is 2.60. The molecular weight excluding hydrogens is 264 g/mol. The molecule has 3 atom stereocenters. The van der Waals surface area contributed by atoms with E-state index in [-0.39, 0.29) is 5.41 Å². The van der Waals surface area contributed by atoms with Crippen LogP contribution in [0, 0.1) is 21.5 Å². The number of fused-ring (bicyclic) bond motifs is 2. The molecule has 2 saturated carbocycles. The minimum atomic E-state index is 0.127. The van der Waals surface area contributed by atoms with E-state index in [1.165, 1.54) is 25.0 Å². The molecule has 0 saturated heterocycles. The van der Waals surface area contributed by atoms with E-state index in [9.17, 15) is 0 Å². The van der Waals surface area contributed by atoms with Gasteiger partial charge in [-0.2, -0.15) is 0 Å². The summed E-state index contributed by atoms with van der Waals surface area (Å²) in [6.07, 6.45) is 6.24. The second kappa shape index (κ2) is 4.00. The van der Waals surface area contributed by atoms with Crippen LogP contribution in [0.5, 0.6) is 0 Å². The molecule has 0 radical (unpaired) electrons. The maximum absolute atomic E-state index is 5.65. The van der Waals surface area contributed by atoms with Gasteiger partial charge in [-0.15, -0.1) is 0 Å². The zero-order chi connectivity index (χ0) is 14.9. The Morgan fingerprint density at radius 3 is 2.45 bits per heavy atom. The Morgan fingerprint density at radius 2 is 1.95 bits per heavy atom. The lowest BCUT2D eigenvalue weighted by atomic mass is 9.68. The number of nitrogens with zero attached hydrogens (tertiary/aromatic N) is 1. The molecule has 0 aliphatic heterocycles. The summed E-state index contributed by atoms with van der Waals surface area (Å²) >= 11 is 5.65. The molecule has 112 valence electrons. The number of nitrogens with one attached hydrogen (secondary N) is 1. The van der Waals surface area contributed by atoms with Gasteiger partial charge in [0.25, 0.3) is 0 Å². The molecule has 2 nitrogen and oxygen atoms in total. The summed E-state index contributed by atoms with van der Waals surface area (Å²) in [4.78, 5) is 3.31. The largest absolute Gasteiger partial charge is 0.337 e. The Hall–Kier alpha value is -0.570. The van der Waals surface area contributed by atoms with Crippen LogP contribution in [0.4, 0.5) is 0 Å². The predicted molar refractivity (Wildman–Crippen MR) is 86.6 cm³/mol. The summed E-state index contributed by atoms with van der Waals surface area (Å²) in [5.41, 5.74) is 2.23. The fourth-order valence-electron chi connectivity index (χ4n) is 5.13. The molecule has 0 amide bonds. The molecule has 2 fully saturated rings. The molecule has 2 aliphatic carbocycles. The van der Waals surface area contributed by atoms with E-state index in [0.717, 1.165) is 10.7 Å². The third-order valence-corrected chi connectivity index (χ3v) is 6.35. The SMILES string of the molecule is CC(C)(C)c1c[nH]c(=S)n1C1C2(C)CCC(C2)C1(C)C. The smallest absolute Gasteiger partial charge is 0.177 e. The normalized spacial score (nSPS) is 35.7. The number of imidazole rings is 1. The minimum Gasteiger partial charge on any atom is -0.337 e. The summed E-state index contributed by atoms with van der Waals surface area (Å²) in [6.45, 7) is 14.2. The molecule has 0 spiro atoms. The predicted octanol–water partition coefficient (Wildman–Crippen LogP) is 5.23. The van der Waals surface area contributed by atoms with Gasteiger partial charge in [0.1, 0.15) is 0 Å². The summed E-state index contributed by atoms with van der Waals surface area (Å²) in [5.74, 6) is 0.849. The van der Waals surface area contributed by atoms with Gasteiger partial charge in [0, 0.05) is 23.3 Å². The topological polar surface area (TPSA) is 20.7 Å². The van der Waals surface area contributed by atoms with Crippen molar-refractivity contribution in [2.75, 3.05) is 0 Å². The number of hydrogen-bond acceptors (Lipinski definition) is 1. The Morgan fingerprint density at radius 1 is 1.30 bits per heavy atom. The summed E-state index contributed by atoms with van der Waals surface area (Å²) in [5, 5.41) is 0. The highest BCUT2D eigenvalue weighted by Crippen LogP contribution is 2.68. The lowest BCUT2D eigenvalue weighted by molar-refractivity contribution is 0.0781. The molecule has 20 heavy (non-hydrogen) atoms. The molecule has 1 aromatic heterocycles. The Balaban J connectivity index is 2.19. The van der Waals surface area contributed by atoms with Crippen LogP contribution in [0.15, 0.2) is 6.20 Å². The van der Waals surface area contributed by atoms with Crippen molar-refractivity contribution in [1.82, 2.24) is 9.55 Å². The van der Waals surface area contributed by atoms with Crippen molar-refractivity contribution in [3.05, 3.63) is 16.7 Å². The standard InChI is InChI=1S/C17H28N2S/c1-15(2,3)12-10-18-14(20)19(12)13-16(4,5)11-7-8-17(13,6)9-11/h10-11,13H,7-9H2,1-6H3,(H,18,20). The third kappa shape index (κ3) is 1.78. The van der Waals surface area contributed by atoms with Crippen molar-refractivity contribution in [2.24, 2.45) is 16.7 Å². The Kier molecular flexibility index (Phi) is 2.87. The van der Waals surface area contributed by atoms with E-state index in [1.54, 1.807) is 0 Å². The van der Waals surface area contributed by atoms with E-state index in [4.69, 9.17) is 12.2 Å². The quantitative estimate of drug-likeness (QED) is 0.703. The van der Waals surface area contributed by atoms with Crippen LogP contribution >= 0.6 is 12.2 Å². The molecular formula is C17H28N2S. The number of aromatic amines is 1. The Labute approximate surface area is 128 Å². The van der Waals surface area contributed by atoms with Crippen LogP contribution in [0.2, 0.25) is 0 Å². The zero-order valence-electron chi connectivity index (χ0n) is 13.7. The van der Waals surface area contributed by atoms with Gasteiger partial charge in [-0.25, -0.2) is 0 Å². The highest BCUT2D eigenvalue weighted by molar-refractivity contribution is 7.71. The second-order valence-corrected chi connectivity index (χ2v) is 9.30. The summed E-state index contributed by atoms with van der Waals surface area (Å²) in [7, 11) is 0. The first kappa shape index (κ1) is 14.4. The molecule has 2 bridgehead atoms. The zero-order valence-corrected chi connectivity index (χ0v) is 14.5. The van der Waals surface area contributed by atoms with Gasteiger partial charge < -0.3 is 9.55 Å². The number of aromatic nitrogens is 2. The van der Waals surface area contributed by atoms with Crippen molar-refractivity contribution in [3.8, 4) is 0 Å². The van der Waals surface area contributed by atoms with Crippen LogP contribution in [-0.4, -0.2) is 9.55 Å². The lowest BCUT2D eigenvalue weighted by Crippen LogP contribution is -2.39. The number of H-pyrrole nitrogens is 1. The average Bonchev–Trinajstić information content (AvgIpc) is 2.88. The second-order valence-electron chi connectivity index (χ2n) is 8.92. The fraction of sp³-hybridized carbons (Fsp3) is 0.824. The molecule has 3 unspecified atom stereocenters. The fourth-order valence-corrected chi connectivity index (χ4v) is 5.40. The van der Waals surface area contributed by atoms with Gasteiger partial charge in [0.2, 0.25) is 0 Å². The van der Waals surface area contributed by atoms with Gasteiger partial charge in [0.05, 0.1) is 0 Å². The molecule has 3 rings (SSSR count). The van der Waals surface area contributed by atoms with E-state index in [2.05, 4.69) is 57.3 Å². The van der Waals surface area contributed by atoms with E-state index >= 15 is 0 Å². The van der Waals surface area contributed by atoms with E-state index in [0.29, 0.717) is 16.9 Å². The van der Waals surface area contributed by atoms with Crippen LogP contribution < -0.4 is 0 Å². The first-order valence-electron chi connectivity index (χ1n) is 7.88. The summed E-state index contributed by atoms with van der Waals surface area (Å²) < 4.78 is 3.37. The van der Waals surface area contributed by atoms with Gasteiger partial charge in [-0.05, 0) is 48.2 Å². The van der Waals surface area contributed by atoms with Gasteiger partial charge >= 0.3 is 0 Å². The van der Waals surface area contributed by atoms with Crippen molar-refractivity contribution in [2.45, 2.75) is 72.3 Å². The highest BCUT2D eigenvalue weighted by atomic mass is 32.1. The first-order valence-corrected chi connectivity index (χ1v) is 8.28. The molecule has 1 N–H and O–H groups in total. The van der Waals surface area contributed by atoms with Crippen LogP contribution in [-0.2, 0) is 5.41 Å². The van der Waals surface area contributed by atoms with E-state index < -0.39 is 0 Å². The molecule has 1 heterocycles. The minimum absolute atomic E-state index is 0.127. The maximum Gasteiger partial charge on any atom is 0.177 e. The molecule has 1 aromatic rings. The van der Waals surface area contributed by atoms with Crippen LogP contribution in [0.3, 0.4) is 0 Å². The van der Waals surface area contributed by atoms with Crippen LogP contribution in [0.25, 0.3) is 0 Å². The summed E-state index contributed by atoms with van der Waals surface area (Å²) in [6, 6.07) is 0.529. The van der Waals surface area contributed by atoms with Crippen molar-refractivity contribution in [1.29, 1.82) is 0 Å². The molecule has 3 heteroatoms. The lowest BCUT2D eigenvalue weighted by Gasteiger charge is -2.45. The van der Waals surface area contributed by atoms with Crippen molar-refractivity contribution in [3.63, 3.8) is 0 Å². The van der Waals surface area contributed by atoms with Crippen LogP contribution in [0.1, 0.15) is 72.5 Å². The van der Waals surface area contributed by atoms with Gasteiger partial charge in [-0.3, -0.25) is 0 Å². The Bertz CT molecular complexity index is 582. The van der Waals surface area contributed by atoms with Crippen molar-refractivity contribution < 1.29 is 0 Å². The maximum atomic E-state index is 5.65.